The molecule has 0 saturated carbocycles. The van der Waals surface area contributed by atoms with Crippen molar-refractivity contribution in [3.8, 4) is 0 Å². The van der Waals surface area contributed by atoms with E-state index in [1.54, 1.807) is 0 Å². The van der Waals surface area contributed by atoms with Gasteiger partial charge in [0, 0.05) is 26.7 Å². The summed E-state index contributed by atoms with van der Waals surface area (Å²) in [5, 5.41) is 3.49. The average Bonchev–Trinajstić information content (AvgIpc) is 2.66. The largest absolute Gasteiger partial charge is 0.466 e. The van der Waals surface area contributed by atoms with E-state index in [9.17, 15) is 4.79 Å². The molecule has 0 atom stereocenters. The van der Waals surface area contributed by atoms with E-state index in [1.165, 1.54) is 45.3 Å². The second-order valence-electron chi connectivity index (χ2n) is 7.72. The Morgan fingerprint density at radius 3 is 2.37 bits per heavy atom. The molecule has 0 amide bonds. The van der Waals surface area contributed by atoms with Crippen molar-refractivity contribution in [1.82, 2.24) is 15.1 Å². The number of carbonyl (C=O) groups excluding carboxylic acids is 1. The summed E-state index contributed by atoms with van der Waals surface area (Å²) in [7, 11) is 1.84. The summed E-state index contributed by atoms with van der Waals surface area (Å²) in [5.41, 5.74) is 0. The van der Waals surface area contributed by atoms with Gasteiger partial charge in [0.1, 0.15) is 0 Å². The van der Waals surface area contributed by atoms with Crippen molar-refractivity contribution in [3.63, 3.8) is 0 Å². The number of piperidine rings is 2. The molecule has 2 heterocycles. The summed E-state index contributed by atoms with van der Waals surface area (Å²) < 4.78 is 5.14. The topological polar surface area (TPSA) is 57.2 Å². The monoisotopic (exact) mass is 494 g/mol. The van der Waals surface area contributed by atoms with Gasteiger partial charge in [0.15, 0.2) is 5.96 Å². The van der Waals surface area contributed by atoms with Gasteiger partial charge in [-0.25, -0.2) is 0 Å². The Kier molecular flexibility index (Phi) is 12.3. The number of hydrogen-bond acceptors (Lipinski definition) is 4. The van der Waals surface area contributed by atoms with Crippen LogP contribution in [0.4, 0.5) is 0 Å². The fourth-order valence-corrected chi connectivity index (χ4v) is 3.87. The second-order valence-corrected chi connectivity index (χ2v) is 7.72. The number of likely N-dealkylation sites (tertiary alicyclic amines) is 2. The van der Waals surface area contributed by atoms with Crippen molar-refractivity contribution < 1.29 is 9.53 Å². The molecule has 0 bridgehead atoms. The lowest BCUT2D eigenvalue weighted by atomic mass is 9.97. The number of aliphatic imine (C=N–C) groups is 1. The van der Waals surface area contributed by atoms with E-state index in [4.69, 9.17) is 4.74 Å². The molecule has 0 spiro atoms. The van der Waals surface area contributed by atoms with Gasteiger partial charge < -0.3 is 19.9 Å². The molecule has 0 aromatic rings. The number of carbonyl (C=O) groups is 1. The number of ether oxygens (including phenoxy) is 1. The normalized spacial score (nSPS) is 20.3. The Balaban J connectivity index is 0.00000364. The van der Waals surface area contributed by atoms with E-state index in [0.29, 0.717) is 6.61 Å². The summed E-state index contributed by atoms with van der Waals surface area (Å²) in [6.07, 6.45) is 6.83. The SMILES string of the molecule is CCOC(=O)C1CCN(C(=NC)NCCCCN2CCC(C)CC2)CC1.I. The highest BCUT2D eigenvalue weighted by molar-refractivity contribution is 14.0. The van der Waals surface area contributed by atoms with E-state index in [0.717, 1.165) is 44.4 Å². The van der Waals surface area contributed by atoms with Crippen molar-refractivity contribution in [2.24, 2.45) is 16.8 Å². The fraction of sp³-hybridized carbons (Fsp3) is 0.900. The molecule has 27 heavy (non-hydrogen) atoms. The first-order valence-corrected chi connectivity index (χ1v) is 10.5. The van der Waals surface area contributed by atoms with Crippen LogP contribution < -0.4 is 5.32 Å². The highest BCUT2D eigenvalue weighted by Crippen LogP contribution is 2.19. The van der Waals surface area contributed by atoms with Crippen LogP contribution in [0.25, 0.3) is 0 Å². The van der Waals surface area contributed by atoms with Gasteiger partial charge in [0.05, 0.1) is 12.5 Å². The van der Waals surface area contributed by atoms with E-state index in [-0.39, 0.29) is 35.9 Å². The van der Waals surface area contributed by atoms with Gasteiger partial charge in [-0.3, -0.25) is 9.79 Å². The first kappa shape index (κ1) is 24.5. The molecule has 2 rings (SSSR count). The van der Waals surface area contributed by atoms with Gasteiger partial charge in [-0.1, -0.05) is 6.92 Å². The highest BCUT2D eigenvalue weighted by Gasteiger charge is 2.27. The van der Waals surface area contributed by atoms with Crippen LogP contribution in [0.1, 0.15) is 52.4 Å². The van der Waals surface area contributed by atoms with Gasteiger partial charge in [-0.15, -0.1) is 24.0 Å². The third kappa shape index (κ3) is 8.54. The Bertz CT molecular complexity index is 445. The Morgan fingerprint density at radius 1 is 1.11 bits per heavy atom. The lowest BCUT2D eigenvalue weighted by Gasteiger charge is -2.33. The van der Waals surface area contributed by atoms with Crippen molar-refractivity contribution in [2.45, 2.75) is 52.4 Å². The average molecular weight is 494 g/mol. The summed E-state index contributed by atoms with van der Waals surface area (Å²) in [6, 6.07) is 0. The maximum Gasteiger partial charge on any atom is 0.309 e. The fourth-order valence-electron chi connectivity index (χ4n) is 3.87. The van der Waals surface area contributed by atoms with Gasteiger partial charge in [0.25, 0.3) is 0 Å². The molecule has 0 aromatic carbocycles. The molecule has 2 aliphatic rings. The number of nitrogens with zero attached hydrogens (tertiary/aromatic N) is 3. The zero-order valence-corrected chi connectivity index (χ0v) is 19.7. The van der Waals surface area contributed by atoms with Crippen LogP contribution in [0.15, 0.2) is 4.99 Å². The first-order chi connectivity index (χ1) is 12.6. The molecular weight excluding hydrogens is 455 g/mol. The second kappa shape index (κ2) is 13.6. The molecular formula is C20H39IN4O2. The molecule has 0 aromatic heterocycles. The lowest BCUT2D eigenvalue weighted by molar-refractivity contribution is -0.149. The minimum atomic E-state index is -0.0396. The summed E-state index contributed by atoms with van der Waals surface area (Å²) in [6.45, 7) is 11.2. The van der Waals surface area contributed by atoms with Crippen molar-refractivity contribution in [3.05, 3.63) is 0 Å². The maximum absolute atomic E-state index is 11.8. The molecule has 6 nitrogen and oxygen atoms in total. The number of hydrogen-bond donors (Lipinski definition) is 1. The van der Waals surface area contributed by atoms with Crippen molar-refractivity contribution >= 4 is 35.9 Å². The number of halogens is 1. The molecule has 158 valence electrons. The van der Waals surface area contributed by atoms with Gasteiger partial charge >= 0.3 is 5.97 Å². The van der Waals surface area contributed by atoms with E-state index in [1.807, 2.05) is 14.0 Å². The van der Waals surface area contributed by atoms with Crippen LogP contribution in [0, 0.1) is 11.8 Å². The zero-order valence-electron chi connectivity index (χ0n) is 17.4. The number of unbranched alkanes of at least 4 members (excludes halogenated alkanes) is 1. The number of guanidine groups is 1. The Labute approximate surface area is 182 Å². The van der Waals surface area contributed by atoms with Gasteiger partial charge in [-0.2, -0.15) is 0 Å². The predicted molar refractivity (Wildman–Crippen MR) is 122 cm³/mol. The van der Waals surface area contributed by atoms with Crippen LogP contribution in [0.5, 0.6) is 0 Å². The van der Waals surface area contributed by atoms with Crippen LogP contribution in [-0.2, 0) is 9.53 Å². The number of rotatable bonds is 7. The minimum absolute atomic E-state index is 0. The van der Waals surface area contributed by atoms with Crippen LogP contribution in [0.2, 0.25) is 0 Å². The van der Waals surface area contributed by atoms with Crippen molar-refractivity contribution in [1.29, 1.82) is 0 Å². The first-order valence-electron chi connectivity index (χ1n) is 10.5. The third-order valence-electron chi connectivity index (χ3n) is 5.69. The number of esters is 1. The summed E-state index contributed by atoms with van der Waals surface area (Å²) in [4.78, 5) is 21.1. The summed E-state index contributed by atoms with van der Waals surface area (Å²) in [5.74, 6) is 1.89. The molecule has 2 saturated heterocycles. The molecule has 0 aliphatic carbocycles. The van der Waals surface area contributed by atoms with E-state index >= 15 is 0 Å². The van der Waals surface area contributed by atoms with Crippen molar-refractivity contribution in [2.75, 3.05) is 52.9 Å². The van der Waals surface area contributed by atoms with E-state index < -0.39 is 0 Å². The van der Waals surface area contributed by atoms with E-state index in [2.05, 4.69) is 27.0 Å². The van der Waals surface area contributed by atoms with Gasteiger partial charge in [0.2, 0.25) is 0 Å². The van der Waals surface area contributed by atoms with Crippen LogP contribution >= 0.6 is 24.0 Å². The lowest BCUT2D eigenvalue weighted by Crippen LogP contribution is -2.47. The maximum atomic E-state index is 11.8. The minimum Gasteiger partial charge on any atom is -0.466 e. The predicted octanol–water partition coefficient (Wildman–Crippen LogP) is 2.97. The zero-order chi connectivity index (χ0) is 18.8. The Morgan fingerprint density at radius 2 is 1.78 bits per heavy atom. The quantitative estimate of drug-likeness (QED) is 0.194. The van der Waals surface area contributed by atoms with Gasteiger partial charge in [-0.05, 0) is 71.0 Å². The molecule has 1 N–H and O–H groups in total. The standard InChI is InChI=1S/C20H38N4O2.HI/c1-4-26-19(25)18-9-15-24(16-10-18)20(21-3)22-11-5-6-12-23-13-7-17(2)8-14-23;/h17-18H,4-16H2,1-3H3,(H,21,22);1H. The molecule has 0 radical (unpaired) electrons. The molecule has 2 fully saturated rings. The number of nitrogens with one attached hydrogen (secondary N) is 1. The van der Waals surface area contributed by atoms with Crippen LogP contribution in [-0.4, -0.2) is 74.7 Å². The molecule has 2 aliphatic heterocycles. The molecule has 7 heteroatoms. The molecule has 0 unspecified atom stereocenters. The van der Waals surface area contributed by atoms with Crippen LogP contribution in [0.3, 0.4) is 0 Å². The Hall–Kier alpha value is -0.570. The third-order valence-corrected chi connectivity index (χ3v) is 5.69. The smallest absolute Gasteiger partial charge is 0.309 e. The summed E-state index contributed by atoms with van der Waals surface area (Å²) >= 11 is 0. The highest BCUT2D eigenvalue weighted by atomic mass is 127.